The van der Waals surface area contributed by atoms with Crippen molar-refractivity contribution in [2.45, 2.75) is 47.1 Å². The molecule has 0 amide bonds. The summed E-state index contributed by atoms with van der Waals surface area (Å²) in [5, 5.41) is 5.27. The molecule has 32 heavy (non-hydrogen) atoms. The second-order valence-corrected chi connectivity index (χ2v) is 8.21. The van der Waals surface area contributed by atoms with Crippen LogP contribution in [0.3, 0.4) is 0 Å². The van der Waals surface area contributed by atoms with Crippen molar-refractivity contribution in [2.24, 2.45) is 0 Å². The van der Waals surface area contributed by atoms with Gasteiger partial charge in [0.25, 0.3) is 5.56 Å². The number of rotatable bonds is 5. The Hall–Kier alpha value is -3.61. The Morgan fingerprint density at radius 3 is 2.47 bits per heavy atom. The first-order valence-corrected chi connectivity index (χ1v) is 10.6. The molecule has 2 aromatic heterocycles. The van der Waals surface area contributed by atoms with E-state index >= 15 is 4.39 Å². The minimum atomic E-state index is -0.602. The largest absolute Gasteiger partial charge is 0.291 e. The van der Waals surface area contributed by atoms with Crippen LogP contribution in [0.4, 0.5) is 4.39 Å². The van der Waals surface area contributed by atoms with E-state index in [4.69, 9.17) is 0 Å². The molecule has 0 spiro atoms. The van der Waals surface area contributed by atoms with E-state index in [0.717, 1.165) is 16.8 Å². The molecule has 4 rings (SSSR count). The highest BCUT2D eigenvalue weighted by Crippen LogP contribution is 2.30. The van der Waals surface area contributed by atoms with Crippen LogP contribution in [0.5, 0.6) is 0 Å². The molecule has 0 saturated carbocycles. The molecule has 2 aromatic carbocycles. The van der Waals surface area contributed by atoms with Crippen LogP contribution < -0.4 is 5.56 Å². The molecule has 0 N–H and O–H groups in total. The monoisotopic (exact) mass is 432 g/mol. The average Bonchev–Trinajstić information content (AvgIpc) is 3.19. The van der Waals surface area contributed by atoms with Crippen molar-refractivity contribution in [2.75, 3.05) is 0 Å². The lowest BCUT2D eigenvalue weighted by Gasteiger charge is -2.17. The van der Waals surface area contributed by atoms with E-state index in [0.29, 0.717) is 17.3 Å². The van der Waals surface area contributed by atoms with Crippen molar-refractivity contribution in [3.63, 3.8) is 0 Å². The molecular formula is C25H25FN4O2. The van der Waals surface area contributed by atoms with Gasteiger partial charge in [0.1, 0.15) is 5.82 Å². The van der Waals surface area contributed by atoms with Gasteiger partial charge in [-0.2, -0.15) is 5.10 Å². The first kappa shape index (κ1) is 21.6. The maximum absolute atomic E-state index is 15.3. The number of Topliss-reactive ketones (excluding diaryl/α,β-unsaturated/α-hetero) is 1. The van der Waals surface area contributed by atoms with E-state index < -0.39 is 5.82 Å². The summed E-state index contributed by atoms with van der Waals surface area (Å²) >= 11 is 0. The molecule has 0 saturated heterocycles. The number of hydrogen-bond donors (Lipinski definition) is 0. The molecule has 0 bridgehead atoms. The third-order valence-electron chi connectivity index (χ3n) is 5.66. The third-order valence-corrected chi connectivity index (χ3v) is 5.66. The Balaban J connectivity index is 2.02. The van der Waals surface area contributed by atoms with Crippen molar-refractivity contribution >= 4 is 16.6 Å². The summed E-state index contributed by atoms with van der Waals surface area (Å²) in [7, 11) is 0. The van der Waals surface area contributed by atoms with E-state index in [9.17, 15) is 9.59 Å². The molecule has 0 radical (unpaired) electrons. The van der Waals surface area contributed by atoms with Gasteiger partial charge in [-0.05, 0) is 54.5 Å². The van der Waals surface area contributed by atoms with Crippen molar-refractivity contribution in [3.8, 4) is 17.1 Å². The highest BCUT2D eigenvalue weighted by atomic mass is 19.1. The number of para-hydroxylation sites is 1. The fraction of sp³-hybridized carbons (Fsp3) is 0.280. The van der Waals surface area contributed by atoms with Gasteiger partial charge in [0.2, 0.25) is 0 Å². The number of benzene rings is 2. The van der Waals surface area contributed by atoms with E-state index in [2.05, 4.69) is 10.1 Å². The van der Waals surface area contributed by atoms with Crippen LogP contribution in [-0.4, -0.2) is 25.1 Å². The van der Waals surface area contributed by atoms with Crippen molar-refractivity contribution < 1.29 is 9.18 Å². The predicted octanol–water partition coefficient (Wildman–Crippen LogP) is 5.04. The summed E-state index contributed by atoms with van der Waals surface area (Å²) in [5.41, 5.74) is 2.50. The van der Waals surface area contributed by atoms with Gasteiger partial charge in [-0.1, -0.05) is 32.0 Å². The van der Waals surface area contributed by atoms with Gasteiger partial charge < -0.3 is 0 Å². The standard InChI is InChI=1S/C25H25FN4O2/c1-6-30-24(16(5)31)27-23(28-30)19-11-17-18(12-21(19)26)25(32)29(13-20(17)14(2)3)22-10-8-7-9-15(22)4/h7-14H,6H2,1-5H3. The average molecular weight is 432 g/mol. The lowest BCUT2D eigenvalue weighted by atomic mass is 9.96. The van der Waals surface area contributed by atoms with E-state index in [1.165, 1.54) is 17.7 Å². The first-order chi connectivity index (χ1) is 15.2. The summed E-state index contributed by atoms with van der Waals surface area (Å²) in [6.07, 6.45) is 1.83. The topological polar surface area (TPSA) is 69.8 Å². The summed E-state index contributed by atoms with van der Waals surface area (Å²) in [6.45, 7) is 9.68. The fourth-order valence-corrected chi connectivity index (χ4v) is 3.97. The number of aromatic nitrogens is 4. The Morgan fingerprint density at radius 2 is 1.88 bits per heavy atom. The zero-order chi connectivity index (χ0) is 23.2. The van der Waals surface area contributed by atoms with Crippen LogP contribution in [-0.2, 0) is 6.54 Å². The molecule has 0 atom stereocenters. The van der Waals surface area contributed by atoms with Gasteiger partial charge in [0.05, 0.1) is 16.6 Å². The first-order valence-electron chi connectivity index (χ1n) is 10.6. The van der Waals surface area contributed by atoms with Crippen LogP contribution in [0.2, 0.25) is 0 Å². The van der Waals surface area contributed by atoms with Gasteiger partial charge in [0, 0.05) is 19.7 Å². The fourth-order valence-electron chi connectivity index (χ4n) is 3.97. The number of halogens is 1. The molecule has 7 heteroatoms. The number of carbonyl (C=O) groups excluding carboxylic acids is 1. The SMILES string of the molecule is CCn1nc(-c2cc3c(C(C)C)cn(-c4ccccc4C)c(=O)c3cc2F)nc1C(C)=O. The van der Waals surface area contributed by atoms with Crippen molar-refractivity contribution in [1.82, 2.24) is 19.3 Å². The lowest BCUT2D eigenvalue weighted by molar-refractivity contribution is 0.0998. The van der Waals surface area contributed by atoms with Crippen LogP contribution >= 0.6 is 0 Å². The maximum Gasteiger partial charge on any atom is 0.263 e. The Labute approximate surface area is 185 Å². The normalized spacial score (nSPS) is 11.5. The van der Waals surface area contributed by atoms with Crippen LogP contribution in [0, 0.1) is 12.7 Å². The third kappa shape index (κ3) is 3.53. The summed E-state index contributed by atoms with van der Waals surface area (Å²) in [6, 6.07) is 10.5. The number of ketones is 1. The molecular weight excluding hydrogens is 407 g/mol. The number of fused-ring (bicyclic) bond motifs is 1. The number of nitrogens with zero attached hydrogens (tertiary/aromatic N) is 4. The van der Waals surface area contributed by atoms with Crippen LogP contribution in [0.15, 0.2) is 47.4 Å². The number of pyridine rings is 1. The molecule has 0 unspecified atom stereocenters. The number of carbonyl (C=O) groups is 1. The highest BCUT2D eigenvalue weighted by molar-refractivity contribution is 5.92. The Kier molecular flexibility index (Phi) is 5.50. The minimum absolute atomic E-state index is 0.0839. The highest BCUT2D eigenvalue weighted by Gasteiger charge is 2.21. The molecule has 0 aliphatic carbocycles. The summed E-state index contributed by atoms with van der Waals surface area (Å²) in [5.74, 6) is -0.443. The van der Waals surface area contributed by atoms with Gasteiger partial charge >= 0.3 is 0 Å². The number of hydrogen-bond acceptors (Lipinski definition) is 4. The zero-order valence-corrected chi connectivity index (χ0v) is 18.8. The molecule has 164 valence electrons. The summed E-state index contributed by atoms with van der Waals surface area (Å²) < 4.78 is 18.3. The summed E-state index contributed by atoms with van der Waals surface area (Å²) in [4.78, 5) is 29.5. The second-order valence-electron chi connectivity index (χ2n) is 8.21. The Morgan fingerprint density at radius 1 is 1.16 bits per heavy atom. The van der Waals surface area contributed by atoms with Gasteiger partial charge in [0.15, 0.2) is 17.4 Å². The lowest BCUT2D eigenvalue weighted by Crippen LogP contribution is -2.20. The molecule has 0 aliphatic rings. The van der Waals surface area contributed by atoms with Gasteiger partial charge in [-0.15, -0.1) is 0 Å². The minimum Gasteiger partial charge on any atom is -0.291 e. The molecule has 6 nitrogen and oxygen atoms in total. The molecule has 2 heterocycles. The van der Waals surface area contributed by atoms with Crippen molar-refractivity contribution in [1.29, 1.82) is 0 Å². The second kappa shape index (κ2) is 8.15. The predicted molar refractivity (Wildman–Crippen MR) is 123 cm³/mol. The Bertz CT molecular complexity index is 1420. The van der Waals surface area contributed by atoms with Crippen LogP contribution in [0.1, 0.15) is 55.4 Å². The van der Waals surface area contributed by atoms with E-state index in [-0.39, 0.29) is 34.5 Å². The van der Waals surface area contributed by atoms with Gasteiger partial charge in [-0.3, -0.25) is 14.2 Å². The quantitative estimate of drug-likeness (QED) is 0.414. The number of aryl methyl sites for hydroxylation is 2. The van der Waals surface area contributed by atoms with Crippen LogP contribution in [0.25, 0.3) is 27.8 Å². The zero-order valence-electron chi connectivity index (χ0n) is 18.8. The molecule has 0 aliphatic heterocycles. The molecule has 4 aromatic rings. The molecule has 0 fully saturated rings. The van der Waals surface area contributed by atoms with Gasteiger partial charge in [-0.25, -0.2) is 14.1 Å². The van der Waals surface area contributed by atoms with Crippen molar-refractivity contribution in [3.05, 3.63) is 75.7 Å². The van der Waals surface area contributed by atoms with E-state index in [1.807, 2.05) is 58.2 Å². The smallest absolute Gasteiger partial charge is 0.263 e. The van der Waals surface area contributed by atoms with E-state index in [1.54, 1.807) is 10.6 Å². The maximum atomic E-state index is 15.3.